The molecule has 0 bridgehead atoms. The van der Waals surface area contributed by atoms with Crippen molar-refractivity contribution in [3.05, 3.63) is 35.4 Å². The van der Waals surface area contributed by atoms with Gasteiger partial charge in [0.05, 0.1) is 25.2 Å². The lowest BCUT2D eigenvalue weighted by Crippen LogP contribution is -2.68. The minimum Gasteiger partial charge on any atom is -0.394 e. The van der Waals surface area contributed by atoms with Crippen molar-refractivity contribution in [2.24, 2.45) is 5.92 Å². The van der Waals surface area contributed by atoms with Gasteiger partial charge in [0.15, 0.2) is 0 Å². The van der Waals surface area contributed by atoms with Gasteiger partial charge in [-0.2, -0.15) is 0 Å². The molecule has 152 valence electrons. The van der Waals surface area contributed by atoms with Gasteiger partial charge in [-0.05, 0) is 31.8 Å². The van der Waals surface area contributed by atoms with Crippen molar-refractivity contribution in [3.8, 4) is 11.8 Å². The lowest BCUT2D eigenvalue weighted by atomic mass is 9.75. The molecule has 2 amide bonds. The zero-order chi connectivity index (χ0) is 20.8. The van der Waals surface area contributed by atoms with Crippen LogP contribution in [0, 0.1) is 17.8 Å². The van der Waals surface area contributed by atoms with E-state index in [2.05, 4.69) is 17.2 Å². The predicted molar refractivity (Wildman–Crippen MR) is 110 cm³/mol. The number of likely N-dealkylation sites (tertiary alicyclic amines) is 1. The number of nitrogens with zero attached hydrogens (tertiary/aromatic N) is 2. The molecule has 28 heavy (non-hydrogen) atoms. The Kier molecular flexibility index (Phi) is 7.61. The summed E-state index contributed by atoms with van der Waals surface area (Å²) in [5.74, 6) is 6.39. The SMILES string of the molecule is CC(=O)N1[C@H](CO)[C@H](c2ccc(C#CC(C)C)cc2)[C@@H]1CNC(=O)CN(C)C. The molecule has 0 radical (unpaired) electrons. The number of nitrogens with one attached hydrogen (secondary N) is 1. The number of carbonyl (C=O) groups is 2. The number of aliphatic hydroxyl groups is 1. The van der Waals surface area contributed by atoms with Gasteiger partial charge in [0.25, 0.3) is 0 Å². The molecule has 3 atom stereocenters. The first-order valence-electron chi connectivity index (χ1n) is 9.67. The lowest BCUT2D eigenvalue weighted by Gasteiger charge is -2.54. The van der Waals surface area contributed by atoms with Crippen molar-refractivity contribution in [1.82, 2.24) is 15.1 Å². The Bertz CT molecular complexity index is 747. The second kappa shape index (κ2) is 9.72. The van der Waals surface area contributed by atoms with E-state index in [4.69, 9.17) is 0 Å². The van der Waals surface area contributed by atoms with Crippen LogP contribution in [-0.4, -0.2) is 72.6 Å². The van der Waals surface area contributed by atoms with Crippen LogP contribution in [-0.2, 0) is 9.59 Å². The highest BCUT2D eigenvalue weighted by Crippen LogP contribution is 2.40. The highest BCUT2D eigenvalue weighted by atomic mass is 16.3. The first kappa shape index (κ1) is 21.9. The first-order valence-corrected chi connectivity index (χ1v) is 9.67. The van der Waals surface area contributed by atoms with Crippen LogP contribution in [0.4, 0.5) is 0 Å². The molecule has 1 saturated heterocycles. The number of amides is 2. The second-order valence-electron chi connectivity index (χ2n) is 7.86. The van der Waals surface area contributed by atoms with Crippen molar-refractivity contribution in [2.45, 2.75) is 38.8 Å². The quantitative estimate of drug-likeness (QED) is 0.718. The van der Waals surface area contributed by atoms with E-state index < -0.39 is 0 Å². The Balaban J connectivity index is 2.17. The molecule has 0 saturated carbocycles. The van der Waals surface area contributed by atoms with Gasteiger partial charge in [-0.15, -0.1) is 0 Å². The van der Waals surface area contributed by atoms with E-state index in [0.717, 1.165) is 11.1 Å². The van der Waals surface area contributed by atoms with Crippen LogP contribution in [0.25, 0.3) is 0 Å². The summed E-state index contributed by atoms with van der Waals surface area (Å²) < 4.78 is 0. The maximum absolute atomic E-state index is 12.1. The largest absolute Gasteiger partial charge is 0.394 e. The van der Waals surface area contributed by atoms with Crippen LogP contribution >= 0.6 is 0 Å². The van der Waals surface area contributed by atoms with E-state index >= 15 is 0 Å². The number of likely N-dealkylation sites (N-methyl/N-ethyl adjacent to an activating group) is 1. The summed E-state index contributed by atoms with van der Waals surface area (Å²) in [6, 6.07) is 7.50. The molecule has 6 heteroatoms. The number of benzene rings is 1. The van der Waals surface area contributed by atoms with Crippen molar-refractivity contribution in [1.29, 1.82) is 0 Å². The fourth-order valence-electron chi connectivity index (χ4n) is 3.66. The van der Waals surface area contributed by atoms with Gasteiger partial charge in [-0.25, -0.2) is 0 Å². The Morgan fingerprint density at radius 2 is 1.86 bits per heavy atom. The Morgan fingerprint density at radius 1 is 1.21 bits per heavy atom. The maximum atomic E-state index is 12.1. The molecule has 1 heterocycles. The van der Waals surface area contributed by atoms with Crippen LogP contribution < -0.4 is 5.32 Å². The molecule has 1 aliphatic heterocycles. The second-order valence-corrected chi connectivity index (χ2v) is 7.86. The average Bonchev–Trinajstić information content (AvgIpc) is 2.59. The highest BCUT2D eigenvalue weighted by molar-refractivity contribution is 5.79. The van der Waals surface area contributed by atoms with Gasteiger partial charge in [-0.1, -0.05) is 37.8 Å². The molecule has 2 N–H and O–H groups in total. The highest BCUT2D eigenvalue weighted by Gasteiger charge is 2.49. The Labute approximate surface area is 167 Å². The zero-order valence-corrected chi connectivity index (χ0v) is 17.4. The van der Waals surface area contributed by atoms with E-state index in [1.807, 2.05) is 52.2 Å². The van der Waals surface area contributed by atoms with Crippen LogP contribution in [0.5, 0.6) is 0 Å². The summed E-state index contributed by atoms with van der Waals surface area (Å²) in [5, 5.41) is 12.8. The molecule has 0 aliphatic carbocycles. The molecule has 0 spiro atoms. The molecular formula is C22H31N3O3. The number of carbonyl (C=O) groups excluding carboxylic acids is 2. The van der Waals surface area contributed by atoms with Crippen molar-refractivity contribution in [2.75, 3.05) is 33.8 Å². The number of hydrogen-bond acceptors (Lipinski definition) is 4. The Hall–Kier alpha value is -2.36. The van der Waals surface area contributed by atoms with Gasteiger partial charge in [-0.3, -0.25) is 9.59 Å². The smallest absolute Gasteiger partial charge is 0.234 e. The van der Waals surface area contributed by atoms with Gasteiger partial charge in [0.2, 0.25) is 11.8 Å². The average molecular weight is 386 g/mol. The molecule has 2 rings (SSSR count). The van der Waals surface area contributed by atoms with Crippen molar-refractivity contribution >= 4 is 11.8 Å². The zero-order valence-electron chi connectivity index (χ0n) is 17.4. The molecule has 1 fully saturated rings. The van der Waals surface area contributed by atoms with Crippen LogP contribution in [0.2, 0.25) is 0 Å². The van der Waals surface area contributed by atoms with E-state index in [1.165, 1.54) is 6.92 Å². The van der Waals surface area contributed by atoms with E-state index in [1.54, 1.807) is 9.80 Å². The molecule has 0 aromatic heterocycles. The molecule has 0 unspecified atom stereocenters. The third-order valence-electron chi connectivity index (χ3n) is 4.86. The summed E-state index contributed by atoms with van der Waals surface area (Å²) in [7, 11) is 3.66. The van der Waals surface area contributed by atoms with Gasteiger partial charge in [0.1, 0.15) is 0 Å². The van der Waals surface area contributed by atoms with Crippen LogP contribution in [0.3, 0.4) is 0 Å². The first-order chi connectivity index (χ1) is 13.2. The van der Waals surface area contributed by atoms with E-state index in [0.29, 0.717) is 19.0 Å². The monoisotopic (exact) mass is 385 g/mol. The van der Waals surface area contributed by atoms with Gasteiger partial charge >= 0.3 is 0 Å². The summed E-state index contributed by atoms with van der Waals surface area (Å²) in [4.78, 5) is 27.6. The van der Waals surface area contributed by atoms with Gasteiger partial charge in [0, 0.05) is 30.9 Å². The number of hydrogen-bond donors (Lipinski definition) is 2. The van der Waals surface area contributed by atoms with E-state index in [-0.39, 0.29) is 36.4 Å². The predicted octanol–water partition coefficient (Wildman–Crippen LogP) is 1.05. The molecule has 1 aliphatic rings. The standard InChI is InChI=1S/C22H31N3O3/c1-15(2)6-7-17-8-10-18(11-9-17)22-19(12-23-21(28)13-24(4)5)25(16(3)27)20(22)14-26/h8-11,15,19-20,22,26H,12-14H2,1-5H3,(H,23,28)/t19-,20+,22+/m0/s1. The molecular weight excluding hydrogens is 354 g/mol. The molecule has 6 nitrogen and oxygen atoms in total. The van der Waals surface area contributed by atoms with Gasteiger partial charge < -0.3 is 20.2 Å². The number of rotatable bonds is 6. The fourth-order valence-corrected chi connectivity index (χ4v) is 3.66. The maximum Gasteiger partial charge on any atom is 0.234 e. The van der Waals surface area contributed by atoms with Crippen LogP contribution in [0.1, 0.15) is 37.8 Å². The summed E-state index contributed by atoms with van der Waals surface area (Å²) in [6.07, 6.45) is 0. The fraction of sp³-hybridized carbons (Fsp3) is 0.545. The molecule has 1 aromatic carbocycles. The number of aliphatic hydroxyl groups excluding tert-OH is 1. The minimum atomic E-state index is -0.277. The minimum absolute atomic E-state index is 0.0272. The van der Waals surface area contributed by atoms with Crippen molar-refractivity contribution in [3.63, 3.8) is 0 Å². The summed E-state index contributed by atoms with van der Waals surface area (Å²) >= 11 is 0. The van der Waals surface area contributed by atoms with E-state index in [9.17, 15) is 14.7 Å². The van der Waals surface area contributed by atoms with Crippen LogP contribution in [0.15, 0.2) is 24.3 Å². The Morgan fingerprint density at radius 3 is 2.36 bits per heavy atom. The third-order valence-corrected chi connectivity index (χ3v) is 4.86. The summed E-state index contributed by atoms with van der Waals surface area (Å²) in [5.41, 5.74) is 1.98. The van der Waals surface area contributed by atoms with Crippen molar-refractivity contribution < 1.29 is 14.7 Å². The third kappa shape index (κ3) is 5.34. The summed E-state index contributed by atoms with van der Waals surface area (Å²) in [6.45, 7) is 6.14. The topological polar surface area (TPSA) is 72.9 Å². The normalized spacial score (nSPS) is 21.1. The molecule has 1 aromatic rings. The lowest BCUT2D eigenvalue weighted by molar-refractivity contribution is -0.148.